The number of nitrogens with one attached hydrogen (secondary N) is 1. The lowest BCUT2D eigenvalue weighted by atomic mass is 10.2. The number of nitrogens with zero attached hydrogens (tertiary/aromatic N) is 2. The Morgan fingerprint density at radius 3 is 2.94 bits per heavy atom. The number of nitrogen functional groups attached to an aromatic ring is 1. The summed E-state index contributed by atoms with van der Waals surface area (Å²) in [6.45, 7) is 2.11. The monoisotopic (exact) mass is 248 g/mol. The second-order valence-electron chi connectivity index (χ2n) is 3.79. The lowest BCUT2D eigenvalue weighted by molar-refractivity contribution is -0.383. The molecule has 0 bridgehead atoms. The summed E-state index contributed by atoms with van der Waals surface area (Å²) in [4.78, 5) is 10.4. The third-order valence-corrected chi connectivity index (χ3v) is 2.38. The predicted octanol–water partition coefficient (Wildman–Crippen LogP) is 2.09. The van der Waals surface area contributed by atoms with Crippen molar-refractivity contribution in [3.63, 3.8) is 0 Å². The number of hydrogen-bond donors (Lipinski definition) is 2. The van der Waals surface area contributed by atoms with Crippen molar-refractivity contribution in [2.45, 2.75) is 13.5 Å². The Hall–Kier alpha value is -2.57. The van der Waals surface area contributed by atoms with E-state index in [2.05, 4.69) is 10.5 Å². The summed E-state index contributed by atoms with van der Waals surface area (Å²) in [6.07, 6.45) is 0. The van der Waals surface area contributed by atoms with Crippen LogP contribution >= 0.6 is 0 Å². The van der Waals surface area contributed by atoms with Gasteiger partial charge in [0.25, 0.3) is 0 Å². The molecular weight excluding hydrogens is 236 g/mol. The van der Waals surface area contributed by atoms with Gasteiger partial charge in [0.2, 0.25) is 0 Å². The first kappa shape index (κ1) is 11.9. The van der Waals surface area contributed by atoms with Crippen LogP contribution in [0, 0.1) is 17.0 Å². The summed E-state index contributed by atoms with van der Waals surface area (Å²) < 4.78 is 5.00. The van der Waals surface area contributed by atoms with Crippen molar-refractivity contribution in [3.8, 4) is 0 Å². The van der Waals surface area contributed by atoms with E-state index in [0.717, 1.165) is 5.69 Å². The van der Waals surface area contributed by atoms with Crippen LogP contribution in [-0.4, -0.2) is 10.1 Å². The van der Waals surface area contributed by atoms with Crippen LogP contribution in [0.15, 0.2) is 28.8 Å². The van der Waals surface area contributed by atoms with E-state index >= 15 is 0 Å². The number of hydrogen-bond acceptors (Lipinski definition) is 6. The van der Waals surface area contributed by atoms with Crippen molar-refractivity contribution in [3.05, 3.63) is 45.8 Å². The molecule has 1 aromatic heterocycles. The summed E-state index contributed by atoms with van der Waals surface area (Å²) in [5.74, 6) is 0.601. The van der Waals surface area contributed by atoms with Crippen LogP contribution in [0.25, 0.3) is 0 Å². The molecule has 0 unspecified atom stereocenters. The Morgan fingerprint density at radius 1 is 1.56 bits per heavy atom. The number of para-hydroxylation sites is 1. The van der Waals surface area contributed by atoms with Gasteiger partial charge in [0.05, 0.1) is 17.2 Å². The zero-order valence-corrected chi connectivity index (χ0v) is 9.71. The lowest BCUT2D eigenvalue weighted by Gasteiger charge is -2.06. The van der Waals surface area contributed by atoms with E-state index in [0.29, 0.717) is 18.0 Å². The number of nitrogens with two attached hydrogens (primary N) is 1. The summed E-state index contributed by atoms with van der Waals surface area (Å²) in [5.41, 5.74) is 6.68. The zero-order chi connectivity index (χ0) is 13.1. The van der Waals surface area contributed by atoms with Crippen molar-refractivity contribution in [1.29, 1.82) is 0 Å². The van der Waals surface area contributed by atoms with E-state index in [9.17, 15) is 10.1 Å². The Balaban J connectivity index is 2.19. The molecule has 2 rings (SSSR count). The molecule has 3 N–H and O–H groups in total. The van der Waals surface area contributed by atoms with E-state index in [1.165, 1.54) is 6.07 Å². The van der Waals surface area contributed by atoms with Crippen LogP contribution in [0.1, 0.15) is 11.5 Å². The molecule has 0 atom stereocenters. The van der Waals surface area contributed by atoms with Gasteiger partial charge in [-0.2, -0.15) is 0 Å². The molecule has 7 nitrogen and oxygen atoms in total. The van der Waals surface area contributed by atoms with Crippen molar-refractivity contribution >= 4 is 17.1 Å². The number of nitro groups is 1. The molecule has 94 valence electrons. The number of benzene rings is 1. The molecule has 0 aliphatic heterocycles. The molecule has 7 heteroatoms. The molecule has 0 radical (unpaired) electrons. The molecule has 0 amide bonds. The first-order chi connectivity index (χ1) is 8.58. The third kappa shape index (κ3) is 2.40. The quantitative estimate of drug-likeness (QED) is 0.487. The number of rotatable bonds is 4. The minimum absolute atomic E-state index is 0.124. The molecule has 0 aliphatic carbocycles. The molecule has 0 saturated carbocycles. The largest absolute Gasteiger partial charge is 0.393 e. The average molecular weight is 248 g/mol. The standard InChI is InChI=1S/C11H12N4O3/c1-7-5-8(18-14-7)6-13-10-4-2-3-9(12)11(10)15(16)17/h2-5,13H,6,12H2,1H3. The SMILES string of the molecule is Cc1cc(CNc2cccc(N)c2[N+](=O)[O-])on1. The highest BCUT2D eigenvalue weighted by atomic mass is 16.6. The van der Waals surface area contributed by atoms with E-state index in [1.54, 1.807) is 25.1 Å². The fourth-order valence-electron chi connectivity index (χ4n) is 1.59. The molecule has 2 aromatic rings. The maximum atomic E-state index is 10.9. The smallest absolute Gasteiger partial charge is 0.314 e. The van der Waals surface area contributed by atoms with Crippen molar-refractivity contribution in [2.75, 3.05) is 11.1 Å². The first-order valence-electron chi connectivity index (χ1n) is 5.27. The van der Waals surface area contributed by atoms with E-state index in [-0.39, 0.29) is 11.4 Å². The Morgan fingerprint density at radius 2 is 2.33 bits per heavy atom. The van der Waals surface area contributed by atoms with Crippen molar-refractivity contribution in [1.82, 2.24) is 5.16 Å². The minimum atomic E-state index is -0.511. The van der Waals surface area contributed by atoms with Crippen molar-refractivity contribution < 1.29 is 9.45 Å². The maximum absolute atomic E-state index is 10.9. The lowest BCUT2D eigenvalue weighted by Crippen LogP contribution is -2.04. The number of aryl methyl sites for hydroxylation is 1. The van der Waals surface area contributed by atoms with Gasteiger partial charge < -0.3 is 15.6 Å². The van der Waals surface area contributed by atoms with Gasteiger partial charge in [-0.1, -0.05) is 11.2 Å². The van der Waals surface area contributed by atoms with E-state index < -0.39 is 4.92 Å². The van der Waals surface area contributed by atoms with Gasteiger partial charge in [-0.05, 0) is 19.1 Å². The number of nitro benzene ring substituents is 1. The zero-order valence-electron chi connectivity index (χ0n) is 9.71. The summed E-state index contributed by atoms with van der Waals surface area (Å²) in [5, 5.41) is 17.5. The average Bonchev–Trinajstić information content (AvgIpc) is 2.72. The molecule has 0 aliphatic rings. The van der Waals surface area contributed by atoms with E-state index in [4.69, 9.17) is 10.3 Å². The summed E-state index contributed by atoms with van der Waals surface area (Å²) >= 11 is 0. The predicted molar refractivity (Wildman–Crippen MR) is 66.1 cm³/mol. The van der Waals surface area contributed by atoms with Gasteiger partial charge in [0, 0.05) is 6.07 Å². The van der Waals surface area contributed by atoms with Gasteiger partial charge in [-0.15, -0.1) is 0 Å². The van der Waals surface area contributed by atoms with Crippen LogP contribution in [0.4, 0.5) is 17.1 Å². The molecule has 0 saturated heterocycles. The Bertz CT molecular complexity index is 579. The molecular formula is C11H12N4O3. The highest BCUT2D eigenvalue weighted by Crippen LogP contribution is 2.30. The fourth-order valence-corrected chi connectivity index (χ4v) is 1.59. The van der Waals surface area contributed by atoms with Crippen LogP contribution in [0.2, 0.25) is 0 Å². The molecule has 1 heterocycles. The van der Waals surface area contributed by atoms with Gasteiger partial charge in [0.15, 0.2) is 5.76 Å². The van der Waals surface area contributed by atoms with Gasteiger partial charge in [-0.25, -0.2) is 0 Å². The molecule has 18 heavy (non-hydrogen) atoms. The normalized spacial score (nSPS) is 10.3. The topological polar surface area (TPSA) is 107 Å². The maximum Gasteiger partial charge on any atom is 0.314 e. The first-order valence-corrected chi connectivity index (χ1v) is 5.27. The van der Waals surface area contributed by atoms with E-state index in [1.807, 2.05) is 0 Å². The number of aromatic nitrogens is 1. The van der Waals surface area contributed by atoms with Crippen LogP contribution in [0.3, 0.4) is 0 Å². The van der Waals surface area contributed by atoms with Gasteiger partial charge in [-0.3, -0.25) is 10.1 Å². The molecule has 1 aromatic carbocycles. The van der Waals surface area contributed by atoms with Crippen LogP contribution in [-0.2, 0) is 6.54 Å². The summed E-state index contributed by atoms with van der Waals surface area (Å²) in [7, 11) is 0. The summed E-state index contributed by atoms with van der Waals surface area (Å²) in [6, 6.07) is 6.49. The molecule has 0 spiro atoms. The molecule has 0 fully saturated rings. The minimum Gasteiger partial charge on any atom is -0.393 e. The van der Waals surface area contributed by atoms with Crippen molar-refractivity contribution in [2.24, 2.45) is 0 Å². The fraction of sp³-hybridized carbons (Fsp3) is 0.182. The highest BCUT2D eigenvalue weighted by molar-refractivity contribution is 5.74. The second kappa shape index (κ2) is 4.74. The van der Waals surface area contributed by atoms with Gasteiger partial charge >= 0.3 is 5.69 Å². The van der Waals surface area contributed by atoms with Gasteiger partial charge in [0.1, 0.15) is 11.4 Å². The highest BCUT2D eigenvalue weighted by Gasteiger charge is 2.17. The van der Waals surface area contributed by atoms with Crippen LogP contribution < -0.4 is 11.1 Å². The number of anilines is 2. The Kier molecular flexibility index (Phi) is 3.13. The Labute approximate surface area is 103 Å². The second-order valence-corrected chi connectivity index (χ2v) is 3.79. The van der Waals surface area contributed by atoms with Crippen LogP contribution in [0.5, 0.6) is 0 Å². The third-order valence-electron chi connectivity index (χ3n) is 2.38.